The van der Waals surface area contributed by atoms with Crippen LogP contribution in [0.2, 0.25) is 0 Å². The summed E-state index contributed by atoms with van der Waals surface area (Å²) >= 11 is 0. The lowest BCUT2D eigenvalue weighted by atomic mass is 9.60. The molecule has 0 saturated carbocycles. The van der Waals surface area contributed by atoms with Crippen molar-refractivity contribution >= 4 is 27.7 Å². The summed E-state index contributed by atoms with van der Waals surface area (Å²) in [6.07, 6.45) is 10.7. The van der Waals surface area contributed by atoms with Gasteiger partial charge in [-0.1, -0.05) is 73.5 Å². The molecule has 2 aromatic carbocycles. The van der Waals surface area contributed by atoms with Crippen molar-refractivity contribution in [2.45, 2.75) is 75.3 Å². The van der Waals surface area contributed by atoms with Crippen LogP contribution >= 0.6 is 0 Å². The minimum absolute atomic E-state index is 0.124. The molecule has 2 aliphatic carbocycles. The lowest BCUT2D eigenvalue weighted by Gasteiger charge is -2.54. The van der Waals surface area contributed by atoms with Gasteiger partial charge in [-0.15, -0.1) is 0 Å². The van der Waals surface area contributed by atoms with E-state index >= 15 is 0 Å². The van der Waals surface area contributed by atoms with Gasteiger partial charge in [-0.05, 0) is 73.6 Å². The molecule has 0 radical (unpaired) electrons. The Kier molecular flexibility index (Phi) is 6.45. The number of carbonyl (C=O) groups excluding carboxylic acids is 1. The smallest absolute Gasteiger partial charge is 0.231 e. The number of fused-ring (bicyclic) bond motifs is 6. The molecule has 8 aliphatic rings. The summed E-state index contributed by atoms with van der Waals surface area (Å²) in [5, 5.41) is 12.9. The number of hydrogen-bond donors (Lipinski definition) is 3. The third-order valence-corrected chi connectivity index (χ3v) is 12.6. The predicted octanol–water partition coefficient (Wildman–Crippen LogP) is 6.01. The SMILES string of the molecule is CCC1=CC2CN3CCc4c([nH]c5ccccc45)C(C#N)(C2)C13.CCC1=CC2CN3CCc4c([nH]c5ccccc45)C(C(N)=O)(C2)C13. The monoisotopic (exact) mass is 624 g/mol. The van der Waals surface area contributed by atoms with E-state index in [2.05, 4.69) is 94.3 Å². The number of nitrogens with one attached hydrogen (secondary N) is 2. The Morgan fingerprint density at radius 1 is 0.830 bits per heavy atom. The zero-order valence-corrected chi connectivity index (χ0v) is 27.5. The van der Waals surface area contributed by atoms with E-state index in [9.17, 15) is 10.1 Å². The van der Waals surface area contributed by atoms with Crippen molar-refractivity contribution in [2.24, 2.45) is 17.6 Å². The van der Waals surface area contributed by atoms with E-state index in [1.807, 2.05) is 6.07 Å². The van der Waals surface area contributed by atoms with Crippen molar-refractivity contribution in [2.75, 3.05) is 26.2 Å². The van der Waals surface area contributed by atoms with Gasteiger partial charge in [0.2, 0.25) is 5.91 Å². The number of amides is 1. The average molecular weight is 625 g/mol. The predicted molar refractivity (Wildman–Crippen MR) is 186 cm³/mol. The van der Waals surface area contributed by atoms with Gasteiger partial charge in [0.25, 0.3) is 0 Å². The topological polar surface area (TPSA) is 105 Å². The minimum atomic E-state index is -0.603. The van der Waals surface area contributed by atoms with Gasteiger partial charge in [0.1, 0.15) is 10.8 Å². The fraction of sp³-hybridized carbons (Fsp3) is 0.450. The maximum atomic E-state index is 12.9. The van der Waals surface area contributed by atoms with E-state index in [0.29, 0.717) is 11.8 Å². The molecule has 8 heterocycles. The van der Waals surface area contributed by atoms with Gasteiger partial charge in [-0.25, -0.2) is 0 Å². The summed E-state index contributed by atoms with van der Waals surface area (Å²) in [6.45, 7) is 8.68. The van der Waals surface area contributed by atoms with Crippen LogP contribution in [-0.4, -0.2) is 63.9 Å². The van der Waals surface area contributed by atoms with Crippen molar-refractivity contribution in [3.63, 3.8) is 0 Å². The Hall–Kier alpha value is -4.12. The zero-order chi connectivity index (χ0) is 32.1. The van der Waals surface area contributed by atoms with E-state index < -0.39 is 10.8 Å². The summed E-state index contributed by atoms with van der Waals surface area (Å²) in [6, 6.07) is 20.1. The van der Waals surface area contributed by atoms with Crippen LogP contribution in [0.3, 0.4) is 0 Å². The van der Waals surface area contributed by atoms with Gasteiger partial charge in [0.05, 0.1) is 18.2 Å². The number of hydrogen-bond acceptors (Lipinski definition) is 4. The Balaban J connectivity index is 0.000000129. The normalized spacial score (nSPS) is 34.2. The molecule has 7 nitrogen and oxygen atoms in total. The maximum absolute atomic E-state index is 12.9. The second kappa shape index (κ2) is 10.4. The Bertz CT molecular complexity index is 2040. The number of nitrogens with two attached hydrogens (primary N) is 1. The molecule has 240 valence electrons. The Morgan fingerprint density at radius 3 is 1.96 bits per heavy atom. The molecular weight excluding hydrogens is 580 g/mol. The molecule has 4 aromatic rings. The van der Waals surface area contributed by atoms with Crippen molar-refractivity contribution in [3.05, 3.63) is 94.3 Å². The van der Waals surface area contributed by atoms with Gasteiger partial charge < -0.3 is 15.7 Å². The lowest BCUT2D eigenvalue weighted by molar-refractivity contribution is -0.129. The quantitative estimate of drug-likeness (QED) is 0.243. The number of aromatic amines is 2. The first-order chi connectivity index (χ1) is 22.9. The standard InChI is InChI=1S/C20H23N3O.C20H21N3/c1-2-13-9-12-10-20(19(21)24)17-15(7-8-23(11-12)18(13)20)14-5-3-4-6-16(14)22-17;1-2-14-9-13-10-20(12-21)18-16(7-8-23(11-13)19(14)20)15-5-3-4-6-17(15)22-18/h3-6,9,12,18,22H,2,7-8,10-11H2,1H3,(H2,21,24);3-6,9,13,19,22H,2,7-8,10-11H2,1H3. The molecule has 8 bridgehead atoms. The number of nitriles is 1. The fourth-order valence-corrected chi connectivity index (χ4v) is 11.0. The van der Waals surface area contributed by atoms with Crippen LogP contribution < -0.4 is 5.73 Å². The summed E-state index contributed by atoms with van der Waals surface area (Å²) in [4.78, 5) is 25.2. The highest BCUT2D eigenvalue weighted by atomic mass is 16.1. The Morgan fingerprint density at radius 2 is 1.36 bits per heavy atom. The second-order valence-corrected chi connectivity index (χ2v) is 14.9. The first kappa shape index (κ1) is 29.1. The number of piperidine rings is 2. The largest absolute Gasteiger partial charge is 0.369 e. The molecule has 2 fully saturated rings. The number of nitrogens with zero attached hydrogens (tertiary/aromatic N) is 3. The van der Waals surface area contributed by atoms with Crippen molar-refractivity contribution < 1.29 is 4.79 Å². The van der Waals surface area contributed by atoms with E-state index in [-0.39, 0.29) is 18.0 Å². The van der Waals surface area contributed by atoms with Gasteiger partial charge >= 0.3 is 0 Å². The summed E-state index contributed by atoms with van der Waals surface area (Å²) in [5.41, 5.74) is 15.3. The zero-order valence-electron chi connectivity index (χ0n) is 27.5. The Labute approximate surface area is 276 Å². The van der Waals surface area contributed by atoms with Gasteiger partial charge in [0.15, 0.2) is 0 Å². The van der Waals surface area contributed by atoms with Gasteiger partial charge in [0, 0.05) is 59.4 Å². The van der Waals surface area contributed by atoms with Crippen LogP contribution in [0.4, 0.5) is 0 Å². The molecule has 8 unspecified atom stereocenters. The maximum Gasteiger partial charge on any atom is 0.231 e. The third kappa shape index (κ3) is 3.89. The van der Waals surface area contributed by atoms with E-state index in [1.54, 1.807) is 0 Å². The second-order valence-electron chi connectivity index (χ2n) is 14.9. The van der Waals surface area contributed by atoms with Crippen LogP contribution in [-0.2, 0) is 28.5 Å². The molecule has 8 atom stereocenters. The highest BCUT2D eigenvalue weighted by Crippen LogP contribution is 2.53. The number of H-pyrrole nitrogens is 2. The summed E-state index contributed by atoms with van der Waals surface area (Å²) in [7, 11) is 0. The number of benzene rings is 2. The first-order valence-corrected chi connectivity index (χ1v) is 17.7. The molecule has 7 heteroatoms. The molecular formula is C40H44N6O. The molecule has 2 aromatic heterocycles. The number of primary amides is 1. The lowest BCUT2D eigenvalue weighted by Crippen LogP contribution is -2.65. The van der Waals surface area contributed by atoms with E-state index in [4.69, 9.17) is 5.73 Å². The fourth-order valence-electron chi connectivity index (χ4n) is 11.0. The van der Waals surface area contributed by atoms with Gasteiger partial charge in [-0.2, -0.15) is 5.26 Å². The summed E-state index contributed by atoms with van der Waals surface area (Å²) in [5.74, 6) is 0.776. The minimum Gasteiger partial charge on any atom is -0.369 e. The number of aromatic nitrogens is 2. The van der Waals surface area contributed by atoms with Crippen LogP contribution in [0.5, 0.6) is 0 Å². The number of rotatable bonds is 3. The van der Waals surface area contributed by atoms with Crippen molar-refractivity contribution in [3.8, 4) is 6.07 Å². The van der Waals surface area contributed by atoms with Crippen molar-refractivity contribution in [1.29, 1.82) is 5.26 Å². The number of carbonyl (C=O) groups is 1. The third-order valence-electron chi connectivity index (χ3n) is 12.6. The van der Waals surface area contributed by atoms with Crippen LogP contribution in [0.1, 0.15) is 62.0 Å². The average Bonchev–Trinajstić information content (AvgIpc) is 3.63. The van der Waals surface area contributed by atoms with Crippen molar-refractivity contribution in [1.82, 2.24) is 19.8 Å². The van der Waals surface area contributed by atoms with Crippen LogP contribution in [0.25, 0.3) is 21.8 Å². The van der Waals surface area contributed by atoms with Crippen LogP contribution in [0.15, 0.2) is 71.8 Å². The molecule has 2 saturated heterocycles. The molecule has 47 heavy (non-hydrogen) atoms. The van der Waals surface area contributed by atoms with E-state index in [1.165, 1.54) is 44.3 Å². The van der Waals surface area contributed by atoms with E-state index in [0.717, 1.165) is 75.9 Å². The highest BCUT2D eigenvalue weighted by molar-refractivity contribution is 5.94. The van der Waals surface area contributed by atoms with Crippen LogP contribution in [0, 0.1) is 23.2 Å². The molecule has 0 spiro atoms. The summed E-state index contributed by atoms with van der Waals surface area (Å²) < 4.78 is 0. The van der Waals surface area contributed by atoms with Gasteiger partial charge in [-0.3, -0.25) is 14.6 Å². The molecule has 6 aliphatic heterocycles. The first-order valence-electron chi connectivity index (χ1n) is 17.7. The molecule has 4 N–H and O–H groups in total. The molecule has 1 amide bonds. The highest BCUT2D eigenvalue weighted by Gasteiger charge is 2.59. The number of para-hydroxylation sites is 2. The molecule has 12 rings (SSSR count).